The van der Waals surface area contributed by atoms with Crippen LogP contribution in [0.1, 0.15) is 45.6 Å². The highest BCUT2D eigenvalue weighted by Crippen LogP contribution is 2.20. The Kier molecular flexibility index (Phi) is 7.60. The van der Waals surface area contributed by atoms with Crippen molar-refractivity contribution >= 4 is 0 Å². The highest BCUT2D eigenvalue weighted by atomic mass is 19.1. The van der Waals surface area contributed by atoms with Crippen molar-refractivity contribution in [1.82, 2.24) is 5.32 Å². The van der Waals surface area contributed by atoms with Crippen LogP contribution in [0.3, 0.4) is 0 Å². The summed E-state index contributed by atoms with van der Waals surface area (Å²) in [5.74, 6) is 0.726. The average Bonchev–Trinajstić information content (AvgIpc) is 2.44. The summed E-state index contributed by atoms with van der Waals surface area (Å²) < 4.78 is 18.7. The molecule has 0 amide bonds. The van der Waals surface area contributed by atoms with E-state index in [-0.39, 0.29) is 5.82 Å². The molecule has 0 aromatic heterocycles. The predicted molar refractivity (Wildman–Crippen MR) is 82.8 cm³/mol. The van der Waals surface area contributed by atoms with E-state index in [4.69, 9.17) is 4.74 Å². The molecule has 0 fully saturated rings. The second kappa shape index (κ2) is 8.96. The molecule has 1 aromatic rings. The number of methoxy groups -OCH3 is 1. The molecule has 0 aliphatic heterocycles. The molecule has 0 aliphatic carbocycles. The zero-order valence-electron chi connectivity index (χ0n) is 13.2. The van der Waals surface area contributed by atoms with Crippen LogP contribution in [0, 0.1) is 11.7 Å². The molecule has 0 bridgehead atoms. The fourth-order valence-electron chi connectivity index (χ4n) is 2.36. The minimum absolute atomic E-state index is 0.275. The lowest BCUT2D eigenvalue weighted by Crippen LogP contribution is -2.33. The Morgan fingerprint density at radius 3 is 2.60 bits per heavy atom. The van der Waals surface area contributed by atoms with Crippen LogP contribution in [0.2, 0.25) is 0 Å². The van der Waals surface area contributed by atoms with Gasteiger partial charge >= 0.3 is 0 Å². The van der Waals surface area contributed by atoms with Crippen molar-refractivity contribution in [2.24, 2.45) is 5.92 Å². The molecule has 0 heterocycles. The summed E-state index contributed by atoms with van der Waals surface area (Å²) >= 11 is 0. The van der Waals surface area contributed by atoms with E-state index in [0.717, 1.165) is 31.4 Å². The van der Waals surface area contributed by atoms with E-state index in [1.807, 2.05) is 6.07 Å². The Morgan fingerprint density at radius 1 is 1.30 bits per heavy atom. The van der Waals surface area contributed by atoms with Crippen molar-refractivity contribution in [1.29, 1.82) is 0 Å². The van der Waals surface area contributed by atoms with Gasteiger partial charge in [-0.15, -0.1) is 0 Å². The number of nitrogens with one attached hydrogen (secondary N) is 1. The third-order valence-electron chi connectivity index (χ3n) is 3.77. The summed E-state index contributed by atoms with van der Waals surface area (Å²) in [5, 5.41) is 3.58. The van der Waals surface area contributed by atoms with Gasteiger partial charge in [-0.3, -0.25) is 0 Å². The maximum Gasteiger partial charge on any atom is 0.165 e. The van der Waals surface area contributed by atoms with Crippen LogP contribution in [0.4, 0.5) is 4.39 Å². The van der Waals surface area contributed by atoms with Gasteiger partial charge in [-0.25, -0.2) is 4.39 Å². The van der Waals surface area contributed by atoms with Crippen LogP contribution in [-0.4, -0.2) is 19.7 Å². The van der Waals surface area contributed by atoms with Gasteiger partial charge in [0.15, 0.2) is 11.6 Å². The molecule has 2 atom stereocenters. The monoisotopic (exact) mass is 281 g/mol. The van der Waals surface area contributed by atoms with Gasteiger partial charge in [0.05, 0.1) is 7.11 Å². The van der Waals surface area contributed by atoms with Gasteiger partial charge in [-0.2, -0.15) is 0 Å². The van der Waals surface area contributed by atoms with Gasteiger partial charge in [0.2, 0.25) is 0 Å². The summed E-state index contributed by atoms with van der Waals surface area (Å²) in [6, 6.07) is 5.68. The third kappa shape index (κ3) is 5.49. The molecule has 0 saturated carbocycles. The maximum absolute atomic E-state index is 13.7. The van der Waals surface area contributed by atoms with Crippen molar-refractivity contribution in [2.75, 3.05) is 13.7 Å². The highest BCUT2D eigenvalue weighted by molar-refractivity contribution is 5.29. The Balaban J connectivity index is 2.69. The topological polar surface area (TPSA) is 21.3 Å². The van der Waals surface area contributed by atoms with Gasteiger partial charge < -0.3 is 10.1 Å². The molecule has 1 aromatic carbocycles. The number of ether oxygens (including phenoxy) is 1. The molecular weight excluding hydrogens is 253 g/mol. The Hall–Kier alpha value is -1.09. The molecule has 114 valence electrons. The van der Waals surface area contributed by atoms with Crippen LogP contribution >= 0.6 is 0 Å². The number of halogens is 1. The molecule has 1 rings (SSSR count). The van der Waals surface area contributed by atoms with E-state index in [9.17, 15) is 4.39 Å². The summed E-state index contributed by atoms with van der Waals surface area (Å²) in [5.41, 5.74) is 1.03. The molecule has 0 radical (unpaired) electrons. The fourth-order valence-corrected chi connectivity index (χ4v) is 2.36. The van der Waals surface area contributed by atoms with Crippen molar-refractivity contribution in [3.63, 3.8) is 0 Å². The largest absolute Gasteiger partial charge is 0.494 e. The predicted octanol–water partition coefficient (Wildman–Crippen LogP) is 4.18. The Bertz CT molecular complexity index is 395. The lowest BCUT2D eigenvalue weighted by atomic mass is 9.94. The van der Waals surface area contributed by atoms with Gasteiger partial charge in [0, 0.05) is 6.04 Å². The first-order chi connectivity index (χ1) is 9.60. The second-order valence-electron chi connectivity index (χ2n) is 5.57. The quantitative estimate of drug-likeness (QED) is 0.733. The normalized spacial score (nSPS) is 14.1. The Morgan fingerprint density at radius 2 is 2.05 bits per heavy atom. The minimum atomic E-state index is -0.275. The average molecular weight is 281 g/mol. The van der Waals surface area contributed by atoms with E-state index < -0.39 is 0 Å². The van der Waals surface area contributed by atoms with E-state index in [1.165, 1.54) is 13.5 Å². The first kappa shape index (κ1) is 17.0. The minimum Gasteiger partial charge on any atom is -0.494 e. The van der Waals surface area contributed by atoms with Gasteiger partial charge in [0.1, 0.15) is 0 Å². The lowest BCUT2D eigenvalue weighted by molar-refractivity contribution is 0.382. The number of rotatable bonds is 9. The highest BCUT2D eigenvalue weighted by Gasteiger charge is 2.13. The van der Waals surface area contributed by atoms with Crippen molar-refractivity contribution in [2.45, 2.75) is 52.5 Å². The van der Waals surface area contributed by atoms with Gasteiger partial charge in [-0.05, 0) is 49.4 Å². The zero-order chi connectivity index (χ0) is 15.0. The van der Waals surface area contributed by atoms with Crippen LogP contribution < -0.4 is 10.1 Å². The molecule has 3 heteroatoms. The van der Waals surface area contributed by atoms with E-state index in [0.29, 0.717) is 17.7 Å². The molecule has 0 spiro atoms. The first-order valence-electron chi connectivity index (χ1n) is 7.66. The summed E-state index contributed by atoms with van der Waals surface area (Å²) in [6.07, 6.45) is 4.30. The summed E-state index contributed by atoms with van der Waals surface area (Å²) in [6.45, 7) is 7.67. The maximum atomic E-state index is 13.7. The molecule has 2 nitrogen and oxygen atoms in total. The van der Waals surface area contributed by atoms with Crippen LogP contribution in [0.15, 0.2) is 18.2 Å². The molecule has 2 unspecified atom stereocenters. The number of hydrogen-bond donors (Lipinski definition) is 1. The molecular formula is C17H28FNO. The summed E-state index contributed by atoms with van der Waals surface area (Å²) in [7, 11) is 1.49. The molecule has 1 N–H and O–H groups in total. The van der Waals surface area contributed by atoms with Crippen LogP contribution in [0.5, 0.6) is 5.75 Å². The van der Waals surface area contributed by atoms with Crippen molar-refractivity contribution in [3.8, 4) is 5.75 Å². The second-order valence-corrected chi connectivity index (χ2v) is 5.57. The van der Waals surface area contributed by atoms with Crippen LogP contribution in [-0.2, 0) is 6.42 Å². The third-order valence-corrected chi connectivity index (χ3v) is 3.77. The first-order valence-corrected chi connectivity index (χ1v) is 7.66. The smallest absolute Gasteiger partial charge is 0.165 e. The van der Waals surface area contributed by atoms with Crippen LogP contribution in [0.25, 0.3) is 0 Å². The fraction of sp³-hybridized carbons (Fsp3) is 0.647. The number of hydrogen-bond acceptors (Lipinski definition) is 2. The lowest BCUT2D eigenvalue weighted by Gasteiger charge is -2.22. The van der Waals surface area contributed by atoms with E-state index in [1.54, 1.807) is 12.1 Å². The molecule has 20 heavy (non-hydrogen) atoms. The Labute approximate surface area is 122 Å². The standard InChI is InChI=1S/C17H28FNO/c1-5-9-19-15(10-13(3)6-2)11-14-7-8-17(20-4)16(18)12-14/h7-8,12-13,15,19H,5-6,9-11H2,1-4H3. The van der Waals surface area contributed by atoms with E-state index >= 15 is 0 Å². The van der Waals surface area contributed by atoms with Crippen molar-refractivity contribution < 1.29 is 9.13 Å². The summed E-state index contributed by atoms with van der Waals surface area (Å²) in [4.78, 5) is 0. The van der Waals surface area contributed by atoms with Gasteiger partial charge in [0.25, 0.3) is 0 Å². The number of benzene rings is 1. The van der Waals surface area contributed by atoms with Crippen molar-refractivity contribution in [3.05, 3.63) is 29.6 Å². The molecule has 0 aliphatic rings. The zero-order valence-corrected chi connectivity index (χ0v) is 13.2. The molecule has 0 saturated heterocycles. The SMILES string of the molecule is CCCNC(Cc1ccc(OC)c(F)c1)CC(C)CC. The van der Waals surface area contributed by atoms with E-state index in [2.05, 4.69) is 26.1 Å². The van der Waals surface area contributed by atoms with Gasteiger partial charge in [-0.1, -0.05) is 33.3 Å².